The molecule has 1 aliphatic carbocycles. The minimum Gasteiger partial charge on any atom is -0.390 e. The van der Waals surface area contributed by atoms with Crippen LogP contribution in [0.4, 0.5) is 8.78 Å². The lowest BCUT2D eigenvalue weighted by Gasteiger charge is -2.36. The van der Waals surface area contributed by atoms with Crippen molar-refractivity contribution in [3.8, 4) is 0 Å². The van der Waals surface area contributed by atoms with Crippen LogP contribution in [0.2, 0.25) is 5.02 Å². The molecule has 1 heterocycles. The monoisotopic (exact) mass is 399 g/mol. The van der Waals surface area contributed by atoms with E-state index in [9.17, 15) is 18.7 Å². The molecule has 0 unspecified atom stereocenters. The highest BCUT2D eigenvalue weighted by molar-refractivity contribution is 6.37. The van der Waals surface area contributed by atoms with E-state index in [-0.39, 0.29) is 31.5 Å². The van der Waals surface area contributed by atoms with Crippen molar-refractivity contribution >= 4 is 28.3 Å². The number of hydrogen-bond acceptors (Lipinski definition) is 3. The maximum atomic E-state index is 13.7. The third-order valence-corrected chi connectivity index (χ3v) is 5.60. The van der Waals surface area contributed by atoms with Crippen LogP contribution >= 0.6 is 11.6 Å². The van der Waals surface area contributed by atoms with E-state index >= 15 is 0 Å². The zero-order chi connectivity index (χ0) is 19.7. The van der Waals surface area contributed by atoms with Gasteiger partial charge in [0.15, 0.2) is 5.78 Å². The lowest BCUT2D eigenvalue weighted by Crippen LogP contribution is -2.41. The van der Waals surface area contributed by atoms with Gasteiger partial charge in [-0.1, -0.05) is 17.7 Å². The zero-order valence-corrected chi connectivity index (χ0v) is 16.1. The number of ether oxygens (including phenoxy) is 1. The topological polar surface area (TPSA) is 51.5 Å². The summed E-state index contributed by atoms with van der Waals surface area (Å²) in [6.07, 6.45) is 1.54. The number of fused-ring (bicyclic) bond motifs is 1. The largest absolute Gasteiger partial charge is 0.390 e. The van der Waals surface area contributed by atoms with Crippen LogP contribution in [0.25, 0.3) is 10.9 Å². The first kappa shape index (κ1) is 20.2. The molecule has 2 aromatic rings. The molecule has 7 heteroatoms. The van der Waals surface area contributed by atoms with Crippen molar-refractivity contribution in [2.75, 3.05) is 13.7 Å². The van der Waals surface area contributed by atoms with Crippen LogP contribution < -0.4 is 0 Å². The second-order valence-electron chi connectivity index (χ2n) is 7.40. The second-order valence-corrected chi connectivity index (χ2v) is 7.80. The first-order valence-corrected chi connectivity index (χ1v) is 9.52. The molecule has 0 saturated heterocycles. The van der Waals surface area contributed by atoms with E-state index in [2.05, 4.69) is 0 Å². The van der Waals surface area contributed by atoms with Crippen LogP contribution in [0, 0.1) is 0 Å². The highest BCUT2D eigenvalue weighted by atomic mass is 35.5. The van der Waals surface area contributed by atoms with Crippen molar-refractivity contribution in [2.45, 2.75) is 56.6 Å². The molecule has 1 fully saturated rings. The molecule has 1 aliphatic rings. The van der Waals surface area contributed by atoms with Crippen molar-refractivity contribution in [1.29, 1.82) is 0 Å². The van der Waals surface area contributed by atoms with Gasteiger partial charge in [-0.15, -0.1) is 0 Å². The highest BCUT2D eigenvalue weighted by Gasteiger charge is 2.44. The number of carbonyl (C=O) groups is 1. The normalized spacial score (nSPS) is 22.3. The van der Waals surface area contributed by atoms with Gasteiger partial charge in [-0.2, -0.15) is 0 Å². The number of hydrogen-bond donors (Lipinski definition) is 1. The van der Waals surface area contributed by atoms with Gasteiger partial charge < -0.3 is 14.4 Å². The molecular weight excluding hydrogens is 376 g/mol. The number of Topliss-reactive ketones (excluding diaryl/α,β-unsaturated/α-hetero) is 1. The fraction of sp³-hybridized carbons (Fsp3) is 0.550. The predicted octanol–water partition coefficient (Wildman–Crippen LogP) is 4.84. The van der Waals surface area contributed by atoms with Crippen LogP contribution in [0.3, 0.4) is 0 Å². The second kappa shape index (κ2) is 7.86. The predicted molar refractivity (Wildman–Crippen MR) is 101 cm³/mol. The van der Waals surface area contributed by atoms with E-state index in [4.69, 9.17) is 16.3 Å². The minimum atomic E-state index is -2.87. The first-order chi connectivity index (χ1) is 12.7. The van der Waals surface area contributed by atoms with Crippen molar-refractivity contribution in [3.05, 3.63) is 35.0 Å². The first-order valence-electron chi connectivity index (χ1n) is 9.14. The van der Waals surface area contributed by atoms with Gasteiger partial charge in [0.05, 0.1) is 22.7 Å². The smallest absolute Gasteiger partial charge is 0.250 e. The summed E-state index contributed by atoms with van der Waals surface area (Å²) < 4.78 is 34.3. The van der Waals surface area contributed by atoms with Crippen LogP contribution in [0.1, 0.15) is 48.9 Å². The molecular formula is C20H24ClF2NO3. The third kappa shape index (κ3) is 4.50. The van der Waals surface area contributed by atoms with Crippen LogP contribution in [-0.4, -0.2) is 40.7 Å². The Morgan fingerprint density at radius 1 is 1.37 bits per heavy atom. The highest BCUT2D eigenvalue weighted by Crippen LogP contribution is 2.41. The summed E-state index contributed by atoms with van der Waals surface area (Å²) in [4.78, 5) is 12.8. The molecule has 0 aliphatic heterocycles. The van der Waals surface area contributed by atoms with Crippen LogP contribution in [0.15, 0.2) is 24.4 Å². The van der Waals surface area contributed by atoms with Crippen LogP contribution in [-0.2, 0) is 11.3 Å². The fourth-order valence-corrected chi connectivity index (χ4v) is 4.19. The minimum absolute atomic E-state index is 0.00118. The van der Waals surface area contributed by atoms with Gasteiger partial charge in [0.2, 0.25) is 0 Å². The number of nitrogens with zero attached hydrogens (tertiary/aromatic N) is 1. The van der Waals surface area contributed by atoms with Crippen molar-refractivity contribution < 1.29 is 23.4 Å². The average Bonchev–Trinajstić information content (AvgIpc) is 2.97. The SMILES string of the molecule is COCCn1cc(C(=O)CC[C@@]2(O)CCCC(F)(F)C2)c2c(Cl)cccc21. The van der Waals surface area contributed by atoms with E-state index in [1.807, 2.05) is 16.7 Å². The van der Waals surface area contributed by atoms with E-state index in [1.54, 1.807) is 19.4 Å². The molecule has 148 valence electrons. The number of carbonyl (C=O) groups excluding carboxylic acids is 1. The molecule has 3 rings (SSSR count). The summed E-state index contributed by atoms with van der Waals surface area (Å²) in [5.41, 5.74) is -0.209. The molecule has 0 spiro atoms. The maximum absolute atomic E-state index is 13.7. The molecule has 0 amide bonds. The summed E-state index contributed by atoms with van der Waals surface area (Å²) in [6, 6.07) is 5.41. The van der Waals surface area contributed by atoms with Gasteiger partial charge in [-0.3, -0.25) is 4.79 Å². The van der Waals surface area contributed by atoms with Gasteiger partial charge in [0, 0.05) is 50.1 Å². The Morgan fingerprint density at radius 2 is 2.15 bits per heavy atom. The molecule has 0 radical (unpaired) electrons. The Hall–Kier alpha value is -1.50. The third-order valence-electron chi connectivity index (χ3n) is 5.28. The Labute approximate surface area is 162 Å². The number of aliphatic hydroxyl groups is 1. The molecule has 0 bridgehead atoms. The summed E-state index contributed by atoms with van der Waals surface area (Å²) in [6.45, 7) is 1.05. The summed E-state index contributed by atoms with van der Waals surface area (Å²) >= 11 is 6.32. The van der Waals surface area contributed by atoms with Gasteiger partial charge in [-0.25, -0.2) is 8.78 Å². The molecule has 4 nitrogen and oxygen atoms in total. The van der Waals surface area contributed by atoms with Crippen molar-refractivity contribution in [3.63, 3.8) is 0 Å². The number of rotatable bonds is 7. The summed E-state index contributed by atoms with van der Waals surface area (Å²) in [5.74, 6) is -3.07. The summed E-state index contributed by atoms with van der Waals surface area (Å²) in [7, 11) is 1.60. The fourth-order valence-electron chi connectivity index (χ4n) is 3.92. The average molecular weight is 400 g/mol. The molecule has 27 heavy (non-hydrogen) atoms. The van der Waals surface area contributed by atoms with Gasteiger partial charge in [-0.05, 0) is 31.4 Å². The zero-order valence-electron chi connectivity index (χ0n) is 15.3. The van der Waals surface area contributed by atoms with Crippen LogP contribution in [0.5, 0.6) is 0 Å². The standard InChI is InChI=1S/C20H24ClF2NO3/c1-27-11-10-24-12-14(18-15(21)4-2-5-16(18)24)17(25)6-9-19(26)7-3-8-20(22,23)13-19/h2,4-5,12,26H,3,6-11,13H2,1H3/t19-/m0/s1. The lowest BCUT2D eigenvalue weighted by molar-refractivity contribution is -0.126. The van der Waals surface area contributed by atoms with E-state index in [1.165, 1.54) is 0 Å². The Bertz CT molecular complexity index is 836. The molecule has 1 aromatic carbocycles. The van der Waals surface area contributed by atoms with Gasteiger partial charge in [0.1, 0.15) is 0 Å². The molecule has 1 N–H and O–H groups in total. The maximum Gasteiger partial charge on any atom is 0.250 e. The Morgan fingerprint density at radius 3 is 2.85 bits per heavy atom. The van der Waals surface area contributed by atoms with Crippen molar-refractivity contribution in [1.82, 2.24) is 4.57 Å². The Balaban J connectivity index is 1.81. The molecule has 1 saturated carbocycles. The number of benzene rings is 1. The number of methoxy groups -OCH3 is 1. The number of alkyl halides is 2. The number of ketones is 1. The van der Waals surface area contributed by atoms with Gasteiger partial charge in [0.25, 0.3) is 5.92 Å². The molecule has 1 atom stereocenters. The van der Waals surface area contributed by atoms with E-state index < -0.39 is 17.9 Å². The molecule has 1 aromatic heterocycles. The van der Waals surface area contributed by atoms with Gasteiger partial charge >= 0.3 is 0 Å². The van der Waals surface area contributed by atoms with E-state index in [0.29, 0.717) is 35.5 Å². The Kier molecular flexibility index (Phi) is 5.89. The number of halogens is 3. The van der Waals surface area contributed by atoms with E-state index in [0.717, 1.165) is 5.52 Å². The lowest BCUT2D eigenvalue weighted by atomic mass is 9.79. The number of aromatic nitrogens is 1. The van der Waals surface area contributed by atoms with Crippen molar-refractivity contribution in [2.24, 2.45) is 0 Å². The quantitative estimate of drug-likeness (QED) is 0.677. The summed E-state index contributed by atoms with van der Waals surface area (Å²) in [5, 5.41) is 11.6.